The van der Waals surface area contributed by atoms with Gasteiger partial charge in [0.1, 0.15) is 11.5 Å². The van der Waals surface area contributed by atoms with Crippen molar-refractivity contribution in [3.63, 3.8) is 0 Å². The molecular formula is C25H16F2O9. The van der Waals surface area contributed by atoms with Crippen molar-refractivity contribution < 1.29 is 52.0 Å². The summed E-state index contributed by atoms with van der Waals surface area (Å²) >= 11 is 0. The average Bonchev–Trinajstić information content (AvgIpc) is 3.09. The second kappa shape index (κ2) is 8.01. The molecule has 3 aliphatic rings. The Labute approximate surface area is 201 Å². The largest absolute Gasteiger partial charge is 0.481 e. The van der Waals surface area contributed by atoms with Crippen molar-refractivity contribution in [1.29, 1.82) is 0 Å². The number of hydrogen-bond acceptors (Lipinski definition) is 8. The SMILES string of the molecule is CC(=O)Oc1cc2c(cc1F)C1(OC(=O)C3C1=CC=CC3C(=O)O)c1cc(F)c(OC(C)=O)cc1O2. The summed E-state index contributed by atoms with van der Waals surface area (Å²) in [5.41, 5.74) is -2.02. The maximum Gasteiger partial charge on any atom is 0.316 e. The Hall–Kier alpha value is -4.54. The van der Waals surface area contributed by atoms with Crippen molar-refractivity contribution in [1.82, 2.24) is 0 Å². The van der Waals surface area contributed by atoms with Gasteiger partial charge in [-0.15, -0.1) is 0 Å². The quantitative estimate of drug-likeness (QED) is 0.500. The first kappa shape index (κ1) is 23.2. The lowest BCUT2D eigenvalue weighted by molar-refractivity contribution is -0.153. The third-order valence-electron chi connectivity index (χ3n) is 6.04. The molecule has 0 radical (unpaired) electrons. The maximum atomic E-state index is 15.0. The molecule has 0 amide bonds. The van der Waals surface area contributed by atoms with Crippen LogP contribution in [0.5, 0.6) is 23.0 Å². The minimum Gasteiger partial charge on any atom is -0.481 e. The van der Waals surface area contributed by atoms with Crippen molar-refractivity contribution >= 4 is 23.9 Å². The fourth-order valence-corrected chi connectivity index (χ4v) is 4.73. The van der Waals surface area contributed by atoms with Crippen LogP contribution in [0, 0.1) is 23.5 Å². The zero-order valence-electron chi connectivity index (χ0n) is 18.7. The Bertz CT molecular complexity index is 1370. The lowest BCUT2D eigenvalue weighted by Gasteiger charge is -2.38. The Morgan fingerprint density at radius 1 is 0.944 bits per heavy atom. The van der Waals surface area contributed by atoms with Gasteiger partial charge in [0.2, 0.25) is 0 Å². The number of carboxylic acid groups (broad SMARTS) is 1. The highest BCUT2D eigenvalue weighted by Gasteiger charge is 2.61. The first-order valence-electron chi connectivity index (χ1n) is 10.6. The summed E-state index contributed by atoms with van der Waals surface area (Å²) in [4.78, 5) is 47.8. The number of fused-ring (bicyclic) bond motifs is 6. The summed E-state index contributed by atoms with van der Waals surface area (Å²) in [6.45, 7) is 2.14. The minimum absolute atomic E-state index is 0.0791. The third-order valence-corrected chi connectivity index (χ3v) is 6.04. The molecule has 2 unspecified atom stereocenters. The van der Waals surface area contributed by atoms with Gasteiger partial charge in [0, 0.05) is 26.0 Å². The van der Waals surface area contributed by atoms with E-state index in [4.69, 9.17) is 18.9 Å². The van der Waals surface area contributed by atoms with E-state index in [2.05, 4.69) is 0 Å². The molecule has 1 fully saturated rings. The van der Waals surface area contributed by atoms with E-state index in [-0.39, 0.29) is 28.2 Å². The van der Waals surface area contributed by atoms with Crippen LogP contribution < -0.4 is 14.2 Å². The number of benzene rings is 2. The molecule has 11 heteroatoms. The first-order chi connectivity index (χ1) is 17.0. The van der Waals surface area contributed by atoms with Crippen molar-refractivity contribution in [2.24, 2.45) is 11.8 Å². The fraction of sp³-hybridized carbons (Fsp3) is 0.200. The summed E-state index contributed by atoms with van der Waals surface area (Å²) in [5, 5.41) is 9.68. The summed E-state index contributed by atoms with van der Waals surface area (Å²) in [6.07, 6.45) is 4.17. The molecule has 184 valence electrons. The molecule has 0 bridgehead atoms. The highest BCUT2D eigenvalue weighted by Crippen LogP contribution is 2.60. The number of halogens is 2. The molecule has 2 aliphatic heterocycles. The number of carbonyl (C=O) groups is 4. The van der Waals surface area contributed by atoms with Gasteiger partial charge in [-0.3, -0.25) is 19.2 Å². The molecular weight excluding hydrogens is 482 g/mol. The predicted molar refractivity (Wildman–Crippen MR) is 114 cm³/mol. The van der Waals surface area contributed by atoms with E-state index in [1.165, 1.54) is 18.2 Å². The molecule has 2 heterocycles. The van der Waals surface area contributed by atoms with E-state index in [0.29, 0.717) is 0 Å². The molecule has 2 aromatic carbocycles. The van der Waals surface area contributed by atoms with Crippen LogP contribution in [0.4, 0.5) is 8.78 Å². The number of hydrogen-bond donors (Lipinski definition) is 1. The molecule has 1 aliphatic carbocycles. The van der Waals surface area contributed by atoms with Crippen LogP contribution in [0.25, 0.3) is 0 Å². The molecule has 2 aromatic rings. The van der Waals surface area contributed by atoms with Crippen LogP contribution in [-0.2, 0) is 29.5 Å². The Kier molecular flexibility index (Phi) is 5.16. The summed E-state index contributed by atoms with van der Waals surface area (Å²) in [5.74, 6) is -9.63. The Balaban J connectivity index is 1.80. The van der Waals surface area contributed by atoms with Gasteiger partial charge in [-0.25, -0.2) is 8.78 Å². The number of aliphatic carboxylic acids is 1. The molecule has 1 saturated heterocycles. The van der Waals surface area contributed by atoms with Crippen molar-refractivity contribution in [3.05, 3.63) is 70.8 Å². The number of esters is 3. The topological polar surface area (TPSA) is 125 Å². The lowest BCUT2D eigenvalue weighted by Crippen LogP contribution is -2.35. The monoisotopic (exact) mass is 498 g/mol. The minimum atomic E-state index is -1.98. The highest BCUT2D eigenvalue weighted by molar-refractivity contribution is 5.91. The number of rotatable bonds is 3. The normalized spacial score (nSPS) is 20.3. The summed E-state index contributed by atoms with van der Waals surface area (Å²) in [7, 11) is 0. The summed E-state index contributed by atoms with van der Waals surface area (Å²) < 4.78 is 51.5. The second-order valence-electron chi connectivity index (χ2n) is 8.30. The standard InChI is InChI=1S/C25H16F2O9/c1-10(28)33-20-8-18-14(6-16(20)26)25(13-5-3-4-12(23(30)31)22(13)24(32)36-25)15-7-17(27)21(34-11(2)29)9-19(15)35-18/h3-9,12,22H,1-2H3,(H,30,31). The number of carboxylic acids is 1. The molecule has 2 atom stereocenters. The zero-order valence-corrected chi connectivity index (χ0v) is 18.7. The first-order valence-corrected chi connectivity index (χ1v) is 10.6. The molecule has 36 heavy (non-hydrogen) atoms. The van der Waals surface area contributed by atoms with Gasteiger partial charge >= 0.3 is 23.9 Å². The van der Waals surface area contributed by atoms with Crippen LogP contribution in [-0.4, -0.2) is 29.0 Å². The van der Waals surface area contributed by atoms with E-state index in [1.807, 2.05) is 0 Å². The van der Waals surface area contributed by atoms with Crippen LogP contribution in [0.2, 0.25) is 0 Å². The molecule has 0 aromatic heterocycles. The van der Waals surface area contributed by atoms with Gasteiger partial charge in [0.15, 0.2) is 28.7 Å². The lowest BCUT2D eigenvalue weighted by atomic mass is 9.70. The maximum absolute atomic E-state index is 15.0. The van der Waals surface area contributed by atoms with Crippen LogP contribution in [0.15, 0.2) is 48.1 Å². The molecule has 5 rings (SSSR count). The fourth-order valence-electron chi connectivity index (χ4n) is 4.73. The molecule has 1 N–H and O–H groups in total. The highest BCUT2D eigenvalue weighted by atomic mass is 19.1. The van der Waals surface area contributed by atoms with E-state index < -0.39 is 64.4 Å². The van der Waals surface area contributed by atoms with Gasteiger partial charge in [-0.1, -0.05) is 18.2 Å². The van der Waals surface area contributed by atoms with Gasteiger partial charge in [0.05, 0.1) is 23.0 Å². The predicted octanol–water partition coefficient (Wildman–Crippen LogP) is 3.53. The van der Waals surface area contributed by atoms with Gasteiger partial charge in [0.25, 0.3) is 0 Å². The third kappa shape index (κ3) is 3.35. The van der Waals surface area contributed by atoms with Crippen LogP contribution >= 0.6 is 0 Å². The molecule has 9 nitrogen and oxygen atoms in total. The number of allylic oxidation sites excluding steroid dienone is 2. The zero-order chi connectivity index (χ0) is 25.9. The molecule has 1 spiro atoms. The summed E-state index contributed by atoms with van der Waals surface area (Å²) in [6, 6.07) is 3.94. The van der Waals surface area contributed by atoms with Gasteiger partial charge in [-0.05, 0) is 17.7 Å². The number of ether oxygens (including phenoxy) is 4. The average molecular weight is 498 g/mol. The smallest absolute Gasteiger partial charge is 0.316 e. The van der Waals surface area contributed by atoms with Gasteiger partial charge in [-0.2, -0.15) is 0 Å². The van der Waals surface area contributed by atoms with E-state index in [1.54, 1.807) is 0 Å². The van der Waals surface area contributed by atoms with E-state index in [0.717, 1.165) is 38.1 Å². The van der Waals surface area contributed by atoms with Crippen molar-refractivity contribution in [2.75, 3.05) is 0 Å². The van der Waals surface area contributed by atoms with Crippen LogP contribution in [0.3, 0.4) is 0 Å². The molecule has 0 saturated carbocycles. The number of carbonyl (C=O) groups excluding carboxylic acids is 3. The van der Waals surface area contributed by atoms with Crippen molar-refractivity contribution in [3.8, 4) is 23.0 Å². The van der Waals surface area contributed by atoms with Gasteiger partial charge < -0.3 is 24.1 Å². The van der Waals surface area contributed by atoms with Crippen LogP contribution in [0.1, 0.15) is 25.0 Å². The van der Waals surface area contributed by atoms with E-state index >= 15 is 8.78 Å². The second-order valence-corrected chi connectivity index (χ2v) is 8.30. The van der Waals surface area contributed by atoms with E-state index in [9.17, 15) is 24.3 Å². The van der Waals surface area contributed by atoms with Crippen molar-refractivity contribution in [2.45, 2.75) is 19.4 Å². The Morgan fingerprint density at radius 2 is 1.47 bits per heavy atom. The Morgan fingerprint density at radius 3 is 1.94 bits per heavy atom.